The van der Waals surface area contributed by atoms with E-state index >= 15 is 0 Å². The molecule has 2 rings (SSSR count). The van der Waals surface area contributed by atoms with E-state index in [-0.39, 0.29) is 29.4 Å². The number of halogens is 1. The molecule has 6 heteroatoms. The first-order valence-electron chi connectivity index (χ1n) is 5.82. The Labute approximate surface area is 105 Å². The van der Waals surface area contributed by atoms with E-state index in [1.165, 1.54) is 0 Å². The lowest BCUT2D eigenvalue weighted by Crippen LogP contribution is -2.50. The average molecular weight is 253 g/mol. The van der Waals surface area contributed by atoms with E-state index in [2.05, 4.69) is 4.98 Å². The fraction of sp³-hybridized carbons (Fsp3) is 0.500. The average Bonchev–Trinajstić information content (AvgIpc) is 2.34. The molecule has 0 aliphatic carbocycles. The van der Waals surface area contributed by atoms with Gasteiger partial charge in [-0.05, 0) is 19.9 Å². The van der Waals surface area contributed by atoms with Crippen LogP contribution in [0, 0.1) is 5.82 Å². The molecule has 0 aromatic carbocycles. The molecule has 2 N–H and O–H groups in total. The smallest absolute Gasteiger partial charge is 0.258 e. The molecular formula is C12H16FN3O2. The molecule has 0 spiro atoms. The van der Waals surface area contributed by atoms with Crippen molar-refractivity contribution in [1.82, 2.24) is 9.88 Å². The van der Waals surface area contributed by atoms with Crippen LogP contribution in [0.25, 0.3) is 0 Å². The minimum atomic E-state index is -0.568. The minimum absolute atomic E-state index is 0.0344. The summed E-state index contributed by atoms with van der Waals surface area (Å²) < 4.78 is 18.6. The molecule has 1 saturated heterocycles. The lowest BCUT2D eigenvalue weighted by atomic mass is 10.1. The number of anilines is 1. The molecule has 18 heavy (non-hydrogen) atoms. The first-order valence-corrected chi connectivity index (χ1v) is 5.82. The summed E-state index contributed by atoms with van der Waals surface area (Å²) in [5, 5.41) is 0. The third-order valence-corrected chi connectivity index (χ3v) is 2.98. The Balaban J connectivity index is 2.27. The normalized spacial score (nSPS) is 24.1. The van der Waals surface area contributed by atoms with Crippen molar-refractivity contribution in [3.05, 3.63) is 23.6 Å². The summed E-state index contributed by atoms with van der Waals surface area (Å²) in [5.41, 5.74) is 5.73. The van der Waals surface area contributed by atoms with Gasteiger partial charge in [0.2, 0.25) is 0 Å². The molecule has 1 aromatic rings. The van der Waals surface area contributed by atoms with Gasteiger partial charge in [0.15, 0.2) is 0 Å². The summed E-state index contributed by atoms with van der Waals surface area (Å²) >= 11 is 0. The van der Waals surface area contributed by atoms with Gasteiger partial charge in [-0.1, -0.05) is 0 Å². The van der Waals surface area contributed by atoms with Crippen molar-refractivity contribution in [3.63, 3.8) is 0 Å². The zero-order valence-electron chi connectivity index (χ0n) is 10.4. The first kappa shape index (κ1) is 12.8. The maximum atomic E-state index is 13.1. The number of amides is 1. The maximum absolute atomic E-state index is 13.1. The molecular weight excluding hydrogens is 237 g/mol. The van der Waals surface area contributed by atoms with Gasteiger partial charge in [0.05, 0.1) is 30.5 Å². The summed E-state index contributed by atoms with van der Waals surface area (Å²) in [6, 6.07) is 1.06. The Morgan fingerprint density at radius 2 is 2.33 bits per heavy atom. The number of carbonyl (C=O) groups excluding carboxylic acids is 1. The van der Waals surface area contributed by atoms with E-state index in [0.29, 0.717) is 13.2 Å². The van der Waals surface area contributed by atoms with Crippen LogP contribution >= 0.6 is 0 Å². The van der Waals surface area contributed by atoms with Crippen molar-refractivity contribution in [2.24, 2.45) is 0 Å². The molecule has 2 heterocycles. The number of ether oxygens (including phenoxy) is 1. The maximum Gasteiger partial charge on any atom is 0.258 e. The van der Waals surface area contributed by atoms with Gasteiger partial charge in [0, 0.05) is 6.54 Å². The van der Waals surface area contributed by atoms with Crippen LogP contribution in [0.15, 0.2) is 12.3 Å². The van der Waals surface area contributed by atoms with Crippen LogP contribution in [-0.4, -0.2) is 41.1 Å². The van der Waals surface area contributed by atoms with Crippen LogP contribution in [0.5, 0.6) is 0 Å². The summed E-state index contributed by atoms with van der Waals surface area (Å²) in [6.07, 6.45) is 0.963. The van der Waals surface area contributed by atoms with Crippen molar-refractivity contribution < 1.29 is 13.9 Å². The number of hydrogen-bond acceptors (Lipinski definition) is 4. The van der Waals surface area contributed by atoms with Gasteiger partial charge in [0.1, 0.15) is 11.6 Å². The van der Waals surface area contributed by atoms with E-state index in [9.17, 15) is 9.18 Å². The highest BCUT2D eigenvalue weighted by Gasteiger charge is 2.29. The van der Waals surface area contributed by atoms with Crippen molar-refractivity contribution in [3.8, 4) is 0 Å². The third kappa shape index (κ3) is 2.43. The number of rotatable bonds is 1. The van der Waals surface area contributed by atoms with Crippen LogP contribution in [0.1, 0.15) is 24.2 Å². The zero-order chi connectivity index (χ0) is 13.3. The summed E-state index contributed by atoms with van der Waals surface area (Å²) in [4.78, 5) is 17.6. The largest absolute Gasteiger partial charge is 0.383 e. The molecule has 1 fully saturated rings. The number of pyridine rings is 1. The lowest BCUT2D eigenvalue weighted by Gasteiger charge is -2.36. The van der Waals surface area contributed by atoms with E-state index in [1.807, 2.05) is 13.8 Å². The highest BCUT2D eigenvalue weighted by molar-refractivity contribution is 5.98. The fourth-order valence-corrected chi connectivity index (χ4v) is 1.96. The number of hydrogen-bond donors (Lipinski definition) is 1. The van der Waals surface area contributed by atoms with Crippen LogP contribution in [0.4, 0.5) is 10.2 Å². The molecule has 1 aromatic heterocycles. The molecule has 1 amide bonds. The number of nitrogens with two attached hydrogens (primary N) is 1. The summed E-state index contributed by atoms with van der Waals surface area (Å²) in [6.45, 7) is 4.71. The highest BCUT2D eigenvalue weighted by atomic mass is 19.1. The van der Waals surface area contributed by atoms with Crippen LogP contribution in [-0.2, 0) is 4.74 Å². The quantitative estimate of drug-likeness (QED) is 0.812. The first-order chi connectivity index (χ1) is 8.49. The van der Waals surface area contributed by atoms with Gasteiger partial charge in [-0.25, -0.2) is 9.37 Å². The molecule has 5 nitrogen and oxygen atoms in total. The van der Waals surface area contributed by atoms with Crippen LogP contribution in [0.2, 0.25) is 0 Å². The number of carbonyl (C=O) groups is 1. The second kappa shape index (κ2) is 4.89. The van der Waals surface area contributed by atoms with Gasteiger partial charge in [0.25, 0.3) is 5.91 Å². The molecule has 98 valence electrons. The standard InChI is InChI=1S/C12H16FN3O2/c1-7-6-18-8(2)5-16(7)12(17)10-3-9(13)4-15-11(10)14/h3-4,7-8H,5-6H2,1-2H3,(H2,14,15). The number of morpholine rings is 1. The van der Waals surface area contributed by atoms with Gasteiger partial charge in [-0.3, -0.25) is 4.79 Å². The van der Waals surface area contributed by atoms with Crippen molar-refractivity contribution >= 4 is 11.7 Å². The Kier molecular flexibility index (Phi) is 3.47. The van der Waals surface area contributed by atoms with E-state index in [1.54, 1.807) is 4.90 Å². The minimum Gasteiger partial charge on any atom is -0.383 e. The topological polar surface area (TPSA) is 68.5 Å². The van der Waals surface area contributed by atoms with Crippen molar-refractivity contribution in [2.45, 2.75) is 26.0 Å². The molecule has 2 atom stereocenters. The Bertz CT molecular complexity index is 467. The second-order valence-electron chi connectivity index (χ2n) is 4.54. The van der Waals surface area contributed by atoms with Crippen LogP contribution in [0.3, 0.4) is 0 Å². The Hall–Kier alpha value is -1.69. The molecule has 2 unspecified atom stereocenters. The number of nitrogen functional groups attached to an aromatic ring is 1. The number of aromatic nitrogens is 1. The third-order valence-electron chi connectivity index (χ3n) is 2.98. The predicted molar refractivity (Wildman–Crippen MR) is 64.5 cm³/mol. The lowest BCUT2D eigenvalue weighted by molar-refractivity contribution is -0.0386. The molecule has 0 saturated carbocycles. The van der Waals surface area contributed by atoms with Gasteiger partial charge < -0.3 is 15.4 Å². The van der Waals surface area contributed by atoms with E-state index in [0.717, 1.165) is 12.3 Å². The van der Waals surface area contributed by atoms with Gasteiger partial charge in [-0.2, -0.15) is 0 Å². The highest BCUT2D eigenvalue weighted by Crippen LogP contribution is 2.18. The monoisotopic (exact) mass is 253 g/mol. The van der Waals surface area contributed by atoms with E-state index < -0.39 is 5.82 Å². The van der Waals surface area contributed by atoms with Gasteiger partial charge in [-0.15, -0.1) is 0 Å². The van der Waals surface area contributed by atoms with Crippen LogP contribution < -0.4 is 5.73 Å². The van der Waals surface area contributed by atoms with Crippen molar-refractivity contribution in [2.75, 3.05) is 18.9 Å². The number of nitrogens with zero attached hydrogens (tertiary/aromatic N) is 2. The van der Waals surface area contributed by atoms with Gasteiger partial charge >= 0.3 is 0 Å². The molecule has 1 aliphatic rings. The predicted octanol–water partition coefficient (Wildman–Crippen LogP) is 1.05. The SMILES string of the molecule is CC1CN(C(=O)c2cc(F)cnc2N)C(C)CO1. The second-order valence-corrected chi connectivity index (χ2v) is 4.54. The molecule has 0 bridgehead atoms. The van der Waals surface area contributed by atoms with Crippen molar-refractivity contribution in [1.29, 1.82) is 0 Å². The fourth-order valence-electron chi connectivity index (χ4n) is 1.96. The Morgan fingerprint density at radius 3 is 3.06 bits per heavy atom. The molecule has 0 radical (unpaired) electrons. The summed E-state index contributed by atoms with van der Waals surface area (Å²) in [5.74, 6) is -0.823. The van der Waals surface area contributed by atoms with E-state index in [4.69, 9.17) is 10.5 Å². The zero-order valence-corrected chi connectivity index (χ0v) is 10.4. The Morgan fingerprint density at radius 1 is 1.61 bits per heavy atom. The summed E-state index contributed by atoms with van der Waals surface area (Å²) in [7, 11) is 0. The molecule has 1 aliphatic heterocycles.